The largest absolute Gasteiger partial charge is 0.313 e. The molecule has 88 valence electrons. The fraction of sp³-hybridized carbons (Fsp3) is 0.571. The predicted molar refractivity (Wildman–Crippen MR) is 72.8 cm³/mol. The van der Waals surface area contributed by atoms with Gasteiger partial charge in [0.05, 0.1) is 0 Å². The minimum atomic E-state index is 0.679. The van der Waals surface area contributed by atoms with Crippen molar-refractivity contribution < 1.29 is 0 Å². The van der Waals surface area contributed by atoms with E-state index in [9.17, 15) is 0 Å². The second-order valence-corrected chi connectivity index (χ2v) is 5.64. The molecule has 0 heterocycles. The lowest BCUT2D eigenvalue weighted by molar-refractivity contribution is 0.542. The maximum atomic E-state index is 3.64. The van der Waals surface area contributed by atoms with Crippen LogP contribution in [0.5, 0.6) is 0 Å². The summed E-state index contributed by atoms with van der Waals surface area (Å²) in [7, 11) is 0. The van der Waals surface area contributed by atoms with Gasteiger partial charge in [-0.15, -0.1) is 0 Å². The summed E-state index contributed by atoms with van der Waals surface area (Å²) < 4.78 is 1.17. The Labute approximate surface area is 107 Å². The third-order valence-corrected chi connectivity index (χ3v) is 3.74. The molecule has 1 fully saturated rings. The molecule has 1 aromatic carbocycles. The second-order valence-electron chi connectivity index (χ2n) is 4.72. The molecule has 2 heteroatoms. The quantitative estimate of drug-likeness (QED) is 0.828. The van der Waals surface area contributed by atoms with E-state index in [1.54, 1.807) is 0 Å². The van der Waals surface area contributed by atoms with Crippen molar-refractivity contribution in [3.8, 4) is 0 Å². The molecule has 1 saturated carbocycles. The molecule has 1 aromatic rings. The molecular formula is C14H20BrN. The van der Waals surface area contributed by atoms with Crippen molar-refractivity contribution in [2.45, 2.75) is 44.6 Å². The van der Waals surface area contributed by atoms with E-state index in [1.807, 2.05) is 0 Å². The van der Waals surface area contributed by atoms with Crippen molar-refractivity contribution in [2.24, 2.45) is 0 Å². The highest BCUT2D eigenvalue weighted by Crippen LogP contribution is 2.25. The normalized spacial score (nSPS) is 17.4. The first-order chi connectivity index (χ1) is 7.79. The van der Waals surface area contributed by atoms with E-state index in [0.717, 1.165) is 12.6 Å². The molecule has 1 nitrogen and oxygen atoms in total. The van der Waals surface area contributed by atoms with Gasteiger partial charge in [-0.1, -0.05) is 41.4 Å². The zero-order chi connectivity index (χ0) is 11.4. The van der Waals surface area contributed by atoms with Crippen molar-refractivity contribution in [2.75, 3.05) is 6.54 Å². The van der Waals surface area contributed by atoms with Gasteiger partial charge in [0.25, 0.3) is 0 Å². The molecule has 0 bridgehead atoms. The summed E-state index contributed by atoms with van der Waals surface area (Å²) in [5, 5.41) is 3.64. The lowest BCUT2D eigenvalue weighted by Gasteiger charge is -2.17. The van der Waals surface area contributed by atoms with Gasteiger partial charge in [-0.25, -0.2) is 0 Å². The molecule has 16 heavy (non-hydrogen) atoms. The molecule has 1 aliphatic rings. The van der Waals surface area contributed by atoms with Gasteiger partial charge in [0.15, 0.2) is 0 Å². The van der Waals surface area contributed by atoms with Crippen molar-refractivity contribution in [3.05, 3.63) is 34.3 Å². The highest BCUT2D eigenvalue weighted by Gasteiger charge is 2.22. The van der Waals surface area contributed by atoms with E-state index in [1.165, 1.54) is 35.7 Å². The number of rotatable bonds is 6. The van der Waals surface area contributed by atoms with Crippen LogP contribution < -0.4 is 5.32 Å². The van der Waals surface area contributed by atoms with Crippen LogP contribution in [0.3, 0.4) is 0 Å². The van der Waals surface area contributed by atoms with Gasteiger partial charge >= 0.3 is 0 Å². The first kappa shape index (κ1) is 12.1. The molecule has 1 N–H and O–H groups in total. The summed E-state index contributed by atoms with van der Waals surface area (Å²) in [5.74, 6) is 0.679. The second kappa shape index (κ2) is 5.83. The van der Waals surface area contributed by atoms with Crippen LogP contribution in [0.15, 0.2) is 28.7 Å². The Balaban J connectivity index is 1.95. The Morgan fingerprint density at radius 3 is 2.56 bits per heavy atom. The Bertz CT molecular complexity index is 316. The lowest BCUT2D eigenvalue weighted by atomic mass is 9.94. The minimum absolute atomic E-state index is 0.679. The standard InChI is InChI=1S/C14H20BrN/c1-2-3-12(10-16-14-8-9-14)11-4-6-13(15)7-5-11/h4-7,12,14,16H,2-3,8-10H2,1H3. The van der Waals surface area contributed by atoms with Crippen LogP contribution in [0.2, 0.25) is 0 Å². The van der Waals surface area contributed by atoms with E-state index >= 15 is 0 Å². The Kier molecular flexibility index (Phi) is 4.42. The molecule has 0 radical (unpaired) electrons. The van der Waals surface area contributed by atoms with Crippen LogP contribution in [0.4, 0.5) is 0 Å². The van der Waals surface area contributed by atoms with Crippen molar-refractivity contribution in [3.63, 3.8) is 0 Å². The number of nitrogens with one attached hydrogen (secondary N) is 1. The van der Waals surface area contributed by atoms with Gasteiger partial charge in [0, 0.05) is 17.1 Å². The fourth-order valence-corrected chi connectivity index (χ4v) is 2.33. The summed E-state index contributed by atoms with van der Waals surface area (Å²) in [5.41, 5.74) is 1.47. The van der Waals surface area contributed by atoms with Gasteiger partial charge in [-0.2, -0.15) is 0 Å². The molecular weight excluding hydrogens is 262 g/mol. The number of hydrogen-bond donors (Lipinski definition) is 1. The predicted octanol–water partition coefficient (Wildman–Crippen LogP) is 4.08. The molecule has 0 aromatic heterocycles. The SMILES string of the molecule is CCCC(CNC1CC1)c1ccc(Br)cc1. The summed E-state index contributed by atoms with van der Waals surface area (Å²) in [4.78, 5) is 0. The maximum absolute atomic E-state index is 3.64. The van der Waals surface area contributed by atoms with Gasteiger partial charge in [-0.3, -0.25) is 0 Å². The molecule has 1 atom stereocenters. The fourth-order valence-electron chi connectivity index (χ4n) is 2.07. The molecule has 0 amide bonds. The van der Waals surface area contributed by atoms with Crippen LogP contribution >= 0.6 is 15.9 Å². The highest BCUT2D eigenvalue weighted by atomic mass is 79.9. The minimum Gasteiger partial charge on any atom is -0.313 e. The van der Waals surface area contributed by atoms with E-state index in [0.29, 0.717) is 5.92 Å². The topological polar surface area (TPSA) is 12.0 Å². The van der Waals surface area contributed by atoms with Crippen LogP contribution in [0.1, 0.15) is 44.1 Å². The molecule has 1 unspecified atom stereocenters. The number of halogens is 1. The average Bonchev–Trinajstić information content (AvgIpc) is 3.09. The monoisotopic (exact) mass is 281 g/mol. The van der Waals surface area contributed by atoms with E-state index in [4.69, 9.17) is 0 Å². The molecule has 0 saturated heterocycles. The third-order valence-electron chi connectivity index (χ3n) is 3.21. The van der Waals surface area contributed by atoms with Crippen LogP contribution in [-0.2, 0) is 0 Å². The molecule has 2 rings (SSSR count). The highest BCUT2D eigenvalue weighted by molar-refractivity contribution is 9.10. The zero-order valence-corrected chi connectivity index (χ0v) is 11.5. The van der Waals surface area contributed by atoms with Gasteiger partial charge in [-0.05, 0) is 42.9 Å². The van der Waals surface area contributed by atoms with Gasteiger partial charge in [0.2, 0.25) is 0 Å². The van der Waals surface area contributed by atoms with Gasteiger partial charge < -0.3 is 5.32 Å². The summed E-state index contributed by atoms with van der Waals surface area (Å²) in [6, 6.07) is 9.61. The Morgan fingerprint density at radius 2 is 2.00 bits per heavy atom. The zero-order valence-electron chi connectivity index (χ0n) is 9.88. The van der Waals surface area contributed by atoms with E-state index in [2.05, 4.69) is 52.4 Å². The van der Waals surface area contributed by atoms with Crippen molar-refractivity contribution in [1.82, 2.24) is 5.32 Å². The maximum Gasteiger partial charge on any atom is 0.0175 e. The summed E-state index contributed by atoms with van der Waals surface area (Å²) in [6.45, 7) is 3.41. The van der Waals surface area contributed by atoms with Crippen molar-refractivity contribution in [1.29, 1.82) is 0 Å². The van der Waals surface area contributed by atoms with Crippen molar-refractivity contribution >= 4 is 15.9 Å². The van der Waals surface area contributed by atoms with Crippen LogP contribution in [0.25, 0.3) is 0 Å². The first-order valence-electron chi connectivity index (χ1n) is 6.28. The van der Waals surface area contributed by atoms with E-state index in [-0.39, 0.29) is 0 Å². The van der Waals surface area contributed by atoms with Crippen LogP contribution in [0, 0.1) is 0 Å². The smallest absolute Gasteiger partial charge is 0.0175 e. The first-order valence-corrected chi connectivity index (χ1v) is 7.07. The third kappa shape index (κ3) is 3.60. The molecule has 0 aliphatic heterocycles. The molecule has 1 aliphatic carbocycles. The number of benzene rings is 1. The van der Waals surface area contributed by atoms with Gasteiger partial charge in [0.1, 0.15) is 0 Å². The van der Waals surface area contributed by atoms with E-state index < -0.39 is 0 Å². The Hall–Kier alpha value is -0.340. The molecule has 0 spiro atoms. The number of hydrogen-bond acceptors (Lipinski definition) is 1. The lowest BCUT2D eigenvalue weighted by Crippen LogP contribution is -2.23. The summed E-state index contributed by atoms with van der Waals surface area (Å²) in [6.07, 6.45) is 5.28. The van der Waals surface area contributed by atoms with Crippen LogP contribution in [-0.4, -0.2) is 12.6 Å². The average molecular weight is 282 g/mol. The Morgan fingerprint density at radius 1 is 1.31 bits per heavy atom. The summed E-state index contributed by atoms with van der Waals surface area (Å²) >= 11 is 3.49.